The van der Waals surface area contributed by atoms with Gasteiger partial charge in [-0.25, -0.2) is 4.79 Å². The number of methoxy groups -OCH3 is 1. The van der Waals surface area contributed by atoms with E-state index in [0.29, 0.717) is 6.42 Å². The Morgan fingerprint density at radius 1 is 1.35 bits per heavy atom. The van der Waals surface area contributed by atoms with E-state index in [0.717, 1.165) is 11.5 Å². The summed E-state index contributed by atoms with van der Waals surface area (Å²) in [6, 6.07) is -1.11. The van der Waals surface area contributed by atoms with Crippen LogP contribution in [0.3, 0.4) is 0 Å². The molecule has 0 aromatic rings. The number of esters is 1. The number of amides is 1. The highest BCUT2D eigenvalue weighted by Gasteiger charge is 2.28. The zero-order chi connectivity index (χ0) is 15.5. The number of nitrogens with two attached hydrogens (primary N) is 1. The number of ether oxygens (including phenoxy) is 2. The largest absolute Gasteiger partial charge is 0.464 e. The lowest BCUT2D eigenvalue weighted by Gasteiger charge is -2.23. The normalized spacial score (nSPS) is 15.2. The van der Waals surface area contributed by atoms with E-state index in [1.54, 1.807) is 25.6 Å². The highest BCUT2D eigenvalue weighted by molar-refractivity contribution is 7.99. The minimum absolute atomic E-state index is 0.278. The van der Waals surface area contributed by atoms with Gasteiger partial charge in [0.15, 0.2) is 6.10 Å². The Morgan fingerprint density at radius 2 is 2.00 bits per heavy atom. The van der Waals surface area contributed by atoms with Crippen molar-refractivity contribution in [2.75, 3.05) is 25.2 Å². The van der Waals surface area contributed by atoms with E-state index in [-0.39, 0.29) is 12.5 Å². The molecule has 0 saturated heterocycles. The summed E-state index contributed by atoms with van der Waals surface area (Å²) >= 11 is 1.76. The molecule has 0 aliphatic rings. The van der Waals surface area contributed by atoms with Gasteiger partial charge in [-0.15, -0.1) is 0 Å². The third-order valence-electron chi connectivity index (χ3n) is 2.70. The Kier molecular flexibility index (Phi) is 10.5. The summed E-state index contributed by atoms with van der Waals surface area (Å²) in [7, 11) is 1.44. The molecule has 0 aliphatic carbocycles. The Bertz CT molecular complexity index is 302. The maximum Gasteiger partial charge on any atom is 0.328 e. The average molecular weight is 306 g/mol. The highest BCUT2D eigenvalue weighted by atomic mass is 32.2. The van der Waals surface area contributed by atoms with Crippen LogP contribution >= 0.6 is 11.8 Å². The summed E-state index contributed by atoms with van der Waals surface area (Å²) in [6.45, 7) is 5.63. The van der Waals surface area contributed by atoms with Gasteiger partial charge in [-0.1, -0.05) is 6.92 Å². The predicted molar refractivity (Wildman–Crippen MR) is 80.6 cm³/mol. The van der Waals surface area contributed by atoms with E-state index in [1.165, 1.54) is 7.11 Å². The number of carbonyl (C=O) groups excluding carboxylic acids is 2. The van der Waals surface area contributed by atoms with Crippen LogP contribution < -0.4 is 11.1 Å². The van der Waals surface area contributed by atoms with Crippen molar-refractivity contribution in [3.63, 3.8) is 0 Å². The molecule has 0 radical (unpaired) electrons. The molecular formula is C13H26N2O4S. The molecule has 0 aromatic heterocycles. The fourth-order valence-electron chi connectivity index (χ4n) is 1.61. The summed E-state index contributed by atoms with van der Waals surface area (Å²) < 4.78 is 9.98. The summed E-state index contributed by atoms with van der Waals surface area (Å²) in [6.07, 6.45) is -0.0811. The maximum absolute atomic E-state index is 12.0. The summed E-state index contributed by atoms with van der Waals surface area (Å²) in [5.74, 6) is 1.03. The van der Waals surface area contributed by atoms with Crippen molar-refractivity contribution in [3.05, 3.63) is 0 Å². The van der Waals surface area contributed by atoms with Gasteiger partial charge >= 0.3 is 5.97 Å². The zero-order valence-corrected chi connectivity index (χ0v) is 13.5. The van der Waals surface area contributed by atoms with E-state index in [1.807, 2.05) is 0 Å². The van der Waals surface area contributed by atoms with Crippen LogP contribution in [-0.2, 0) is 19.1 Å². The van der Waals surface area contributed by atoms with E-state index in [2.05, 4.69) is 12.2 Å². The van der Waals surface area contributed by atoms with Crippen LogP contribution in [0.25, 0.3) is 0 Å². The Morgan fingerprint density at radius 3 is 2.50 bits per heavy atom. The van der Waals surface area contributed by atoms with E-state index in [9.17, 15) is 9.59 Å². The lowest BCUT2D eigenvalue weighted by atomic mass is 10.1. The number of hydrogen-bond donors (Lipinski definition) is 2. The molecule has 6 nitrogen and oxygen atoms in total. The van der Waals surface area contributed by atoms with E-state index in [4.69, 9.17) is 15.2 Å². The van der Waals surface area contributed by atoms with Crippen molar-refractivity contribution in [2.45, 2.75) is 45.4 Å². The van der Waals surface area contributed by atoms with Crippen molar-refractivity contribution in [3.8, 4) is 0 Å². The molecule has 1 amide bonds. The molecule has 0 bridgehead atoms. The average Bonchev–Trinajstić information content (AvgIpc) is 2.40. The molecule has 0 heterocycles. The lowest BCUT2D eigenvalue weighted by molar-refractivity contribution is -0.148. The van der Waals surface area contributed by atoms with Gasteiger partial charge in [0.05, 0.1) is 6.61 Å². The van der Waals surface area contributed by atoms with Gasteiger partial charge in [-0.2, -0.15) is 11.8 Å². The van der Waals surface area contributed by atoms with Crippen molar-refractivity contribution >= 4 is 23.6 Å². The Balaban J connectivity index is 4.35. The molecule has 118 valence electrons. The second kappa shape index (κ2) is 10.9. The van der Waals surface area contributed by atoms with Gasteiger partial charge in [0, 0.05) is 13.2 Å². The first-order valence-electron chi connectivity index (χ1n) is 6.80. The summed E-state index contributed by atoms with van der Waals surface area (Å²) in [5, 5.41) is 2.56. The summed E-state index contributed by atoms with van der Waals surface area (Å²) in [4.78, 5) is 23.5. The molecule has 20 heavy (non-hydrogen) atoms. The van der Waals surface area contributed by atoms with Gasteiger partial charge < -0.3 is 20.5 Å². The van der Waals surface area contributed by atoms with E-state index >= 15 is 0 Å². The molecule has 7 heteroatoms. The van der Waals surface area contributed by atoms with Gasteiger partial charge in [0.2, 0.25) is 0 Å². The van der Waals surface area contributed by atoms with Crippen LogP contribution in [0.2, 0.25) is 0 Å². The fourth-order valence-corrected chi connectivity index (χ4v) is 2.34. The molecular weight excluding hydrogens is 280 g/mol. The smallest absolute Gasteiger partial charge is 0.328 e. The molecule has 3 unspecified atom stereocenters. The number of hydrogen-bond acceptors (Lipinski definition) is 6. The first-order valence-corrected chi connectivity index (χ1v) is 7.96. The summed E-state index contributed by atoms with van der Waals surface area (Å²) in [5.41, 5.74) is 5.97. The molecule has 0 aliphatic heterocycles. The van der Waals surface area contributed by atoms with Crippen LogP contribution in [0.1, 0.15) is 27.2 Å². The first kappa shape index (κ1) is 19.2. The van der Waals surface area contributed by atoms with Crippen LogP contribution in [0.5, 0.6) is 0 Å². The standard InChI is InChI=1S/C13H26N2O4S/c1-5-19-13(17)9(3)15-12(16)11(18-4)10(14)7-8-20-6-2/h9-11H,5-8,14H2,1-4H3,(H,15,16). The van der Waals surface area contributed by atoms with Gasteiger partial charge in [0.25, 0.3) is 5.91 Å². The van der Waals surface area contributed by atoms with Crippen molar-refractivity contribution in [1.29, 1.82) is 0 Å². The third-order valence-corrected chi connectivity index (χ3v) is 3.63. The Labute approximate surface area is 125 Å². The molecule has 0 rings (SSSR count). The van der Waals surface area contributed by atoms with Crippen molar-refractivity contribution < 1.29 is 19.1 Å². The number of nitrogens with one attached hydrogen (secondary N) is 1. The monoisotopic (exact) mass is 306 g/mol. The van der Waals surface area contributed by atoms with Crippen LogP contribution in [0.15, 0.2) is 0 Å². The molecule has 0 aromatic carbocycles. The number of thioether (sulfide) groups is 1. The third kappa shape index (κ3) is 7.12. The molecule has 0 spiro atoms. The lowest BCUT2D eigenvalue weighted by Crippen LogP contribution is -2.51. The second-order valence-electron chi connectivity index (χ2n) is 4.29. The van der Waals surface area contributed by atoms with Gasteiger partial charge in [0.1, 0.15) is 6.04 Å². The Hall–Kier alpha value is -0.790. The van der Waals surface area contributed by atoms with Crippen molar-refractivity contribution in [2.24, 2.45) is 5.73 Å². The van der Waals surface area contributed by atoms with Crippen molar-refractivity contribution in [1.82, 2.24) is 5.32 Å². The van der Waals surface area contributed by atoms with E-state index < -0.39 is 24.2 Å². The SMILES string of the molecule is CCOC(=O)C(C)NC(=O)C(OC)C(N)CCSCC. The molecule has 0 saturated carbocycles. The molecule has 0 fully saturated rings. The van der Waals surface area contributed by atoms with Gasteiger partial charge in [-0.05, 0) is 31.8 Å². The minimum Gasteiger partial charge on any atom is -0.464 e. The van der Waals surface area contributed by atoms with Crippen LogP contribution in [0.4, 0.5) is 0 Å². The maximum atomic E-state index is 12.0. The van der Waals surface area contributed by atoms with Crippen LogP contribution in [0, 0.1) is 0 Å². The topological polar surface area (TPSA) is 90.6 Å². The second-order valence-corrected chi connectivity index (χ2v) is 5.68. The number of carbonyl (C=O) groups is 2. The van der Waals surface area contributed by atoms with Gasteiger partial charge in [-0.3, -0.25) is 4.79 Å². The number of rotatable bonds is 10. The molecule has 3 N–H and O–H groups in total. The fraction of sp³-hybridized carbons (Fsp3) is 0.846. The first-order chi connectivity index (χ1) is 9.47. The predicted octanol–water partition coefficient (Wildman–Crippen LogP) is 0.540. The zero-order valence-electron chi connectivity index (χ0n) is 12.7. The molecule has 3 atom stereocenters. The highest BCUT2D eigenvalue weighted by Crippen LogP contribution is 2.08. The quantitative estimate of drug-likeness (QED) is 0.452. The minimum atomic E-state index is -0.760. The van der Waals surface area contributed by atoms with Crippen LogP contribution in [-0.4, -0.2) is 55.3 Å².